The van der Waals surface area contributed by atoms with E-state index in [1.807, 2.05) is 0 Å². The van der Waals surface area contributed by atoms with Crippen LogP contribution in [0, 0.1) is 6.92 Å². The first-order chi connectivity index (χ1) is 7.77. The number of likely N-dealkylation sites (tertiary alicyclic amines) is 1. The van der Waals surface area contributed by atoms with Crippen molar-refractivity contribution < 1.29 is 0 Å². The number of benzene rings is 1. The van der Waals surface area contributed by atoms with E-state index in [4.69, 9.17) is 0 Å². The summed E-state index contributed by atoms with van der Waals surface area (Å²) >= 11 is 0. The van der Waals surface area contributed by atoms with E-state index in [1.54, 1.807) is 0 Å². The molecule has 16 heavy (non-hydrogen) atoms. The number of aromatic nitrogens is 1. The van der Waals surface area contributed by atoms with E-state index in [1.165, 1.54) is 41.4 Å². The molecule has 2 aromatic rings. The number of hydrogen-bond acceptors (Lipinski definition) is 1. The number of rotatable bonds is 1. The molecule has 0 aliphatic carbocycles. The fourth-order valence-electron chi connectivity index (χ4n) is 2.91. The molecule has 3 rings (SSSR count). The summed E-state index contributed by atoms with van der Waals surface area (Å²) in [6, 6.07) is 7.17. The van der Waals surface area contributed by atoms with Crippen LogP contribution in [-0.4, -0.2) is 23.5 Å². The number of aromatic amines is 1. The van der Waals surface area contributed by atoms with Crippen LogP contribution in [0.5, 0.6) is 0 Å². The molecule has 1 aromatic heterocycles. The third-order valence-corrected chi connectivity index (χ3v) is 3.84. The SMILES string of the molecule is Cc1cccc2c([C@H]3CCCN3C)c[nH]c12. The Bertz CT molecular complexity index is 512. The molecule has 1 aliphatic heterocycles. The lowest BCUT2D eigenvalue weighted by Gasteiger charge is -2.18. The molecule has 1 atom stereocenters. The molecule has 1 fully saturated rings. The summed E-state index contributed by atoms with van der Waals surface area (Å²) in [5.41, 5.74) is 4.11. The highest BCUT2D eigenvalue weighted by atomic mass is 15.1. The maximum Gasteiger partial charge on any atom is 0.0487 e. The predicted molar refractivity (Wildman–Crippen MR) is 67.6 cm³/mol. The van der Waals surface area contributed by atoms with Crippen LogP contribution in [0.4, 0.5) is 0 Å². The molecule has 0 unspecified atom stereocenters. The Morgan fingerprint density at radius 3 is 3.00 bits per heavy atom. The number of nitrogens with zero attached hydrogens (tertiary/aromatic N) is 1. The average molecular weight is 214 g/mol. The van der Waals surface area contributed by atoms with Crippen molar-refractivity contribution in [2.45, 2.75) is 25.8 Å². The molecule has 1 aliphatic rings. The third-order valence-electron chi connectivity index (χ3n) is 3.84. The highest BCUT2D eigenvalue weighted by molar-refractivity contribution is 5.86. The summed E-state index contributed by atoms with van der Waals surface area (Å²) in [6.07, 6.45) is 4.81. The van der Waals surface area contributed by atoms with Crippen molar-refractivity contribution >= 4 is 10.9 Å². The normalized spacial score (nSPS) is 22.0. The molecular weight excluding hydrogens is 196 g/mol. The Hall–Kier alpha value is -1.28. The highest BCUT2D eigenvalue weighted by Gasteiger charge is 2.24. The molecule has 1 aromatic carbocycles. The van der Waals surface area contributed by atoms with Crippen molar-refractivity contribution in [3.8, 4) is 0 Å². The standard InChI is InChI=1S/C14H18N2/c1-10-5-3-6-11-12(9-15-14(10)11)13-7-4-8-16(13)2/h3,5-6,9,13,15H,4,7-8H2,1-2H3/t13-/m1/s1. The van der Waals surface area contributed by atoms with Gasteiger partial charge in [0.25, 0.3) is 0 Å². The maximum atomic E-state index is 3.43. The van der Waals surface area contributed by atoms with Gasteiger partial charge in [-0.05, 0) is 44.5 Å². The summed E-state index contributed by atoms with van der Waals surface area (Å²) < 4.78 is 0. The van der Waals surface area contributed by atoms with Crippen molar-refractivity contribution in [3.63, 3.8) is 0 Å². The van der Waals surface area contributed by atoms with E-state index < -0.39 is 0 Å². The quantitative estimate of drug-likeness (QED) is 0.772. The van der Waals surface area contributed by atoms with E-state index in [2.05, 4.69) is 48.3 Å². The summed E-state index contributed by atoms with van der Waals surface area (Å²) in [5, 5.41) is 1.40. The highest BCUT2D eigenvalue weighted by Crippen LogP contribution is 2.35. The molecule has 0 saturated carbocycles. The Balaban J connectivity index is 2.14. The fraction of sp³-hybridized carbons (Fsp3) is 0.429. The number of nitrogens with one attached hydrogen (secondary N) is 1. The van der Waals surface area contributed by atoms with Crippen molar-refractivity contribution in [3.05, 3.63) is 35.5 Å². The Labute approximate surface area is 96.3 Å². The maximum absolute atomic E-state index is 3.43. The van der Waals surface area contributed by atoms with Gasteiger partial charge < -0.3 is 4.98 Å². The second-order valence-electron chi connectivity index (χ2n) is 4.88. The Kier molecular flexibility index (Phi) is 2.25. The van der Waals surface area contributed by atoms with Crippen LogP contribution >= 0.6 is 0 Å². The third kappa shape index (κ3) is 1.37. The zero-order valence-corrected chi connectivity index (χ0v) is 9.96. The molecule has 1 saturated heterocycles. The smallest absolute Gasteiger partial charge is 0.0487 e. The largest absolute Gasteiger partial charge is 0.361 e. The molecule has 1 N–H and O–H groups in total. The van der Waals surface area contributed by atoms with Crippen LogP contribution in [0.15, 0.2) is 24.4 Å². The van der Waals surface area contributed by atoms with Crippen molar-refractivity contribution in [2.24, 2.45) is 0 Å². The van der Waals surface area contributed by atoms with Gasteiger partial charge in [-0.15, -0.1) is 0 Å². The zero-order valence-electron chi connectivity index (χ0n) is 9.96. The fourth-order valence-corrected chi connectivity index (χ4v) is 2.91. The first-order valence-corrected chi connectivity index (χ1v) is 6.04. The number of hydrogen-bond donors (Lipinski definition) is 1. The molecule has 0 amide bonds. The molecule has 0 bridgehead atoms. The number of aryl methyl sites for hydroxylation is 1. The van der Waals surface area contributed by atoms with Crippen molar-refractivity contribution in [1.29, 1.82) is 0 Å². The minimum absolute atomic E-state index is 0.607. The van der Waals surface area contributed by atoms with Crippen LogP contribution < -0.4 is 0 Å². The van der Waals surface area contributed by atoms with Gasteiger partial charge in [0.2, 0.25) is 0 Å². The summed E-state index contributed by atoms with van der Waals surface area (Å²) in [5.74, 6) is 0. The monoisotopic (exact) mass is 214 g/mol. The topological polar surface area (TPSA) is 19.0 Å². The first-order valence-electron chi connectivity index (χ1n) is 6.04. The summed E-state index contributed by atoms with van der Waals surface area (Å²) in [7, 11) is 2.23. The van der Waals surface area contributed by atoms with Gasteiger partial charge in [0.05, 0.1) is 0 Å². The minimum atomic E-state index is 0.607. The summed E-state index contributed by atoms with van der Waals surface area (Å²) in [4.78, 5) is 5.89. The van der Waals surface area contributed by atoms with Gasteiger partial charge in [-0.1, -0.05) is 18.2 Å². The van der Waals surface area contributed by atoms with E-state index in [9.17, 15) is 0 Å². The molecule has 2 heterocycles. The number of fused-ring (bicyclic) bond motifs is 1. The molecule has 2 heteroatoms. The van der Waals surface area contributed by atoms with Gasteiger partial charge in [-0.3, -0.25) is 4.90 Å². The minimum Gasteiger partial charge on any atom is -0.361 e. The second-order valence-corrected chi connectivity index (χ2v) is 4.88. The second kappa shape index (κ2) is 3.63. The van der Waals surface area contributed by atoms with E-state index in [-0.39, 0.29) is 0 Å². The van der Waals surface area contributed by atoms with E-state index in [0.29, 0.717) is 6.04 Å². The number of H-pyrrole nitrogens is 1. The van der Waals surface area contributed by atoms with Gasteiger partial charge in [-0.2, -0.15) is 0 Å². The van der Waals surface area contributed by atoms with Crippen LogP contribution in [0.1, 0.15) is 30.0 Å². The van der Waals surface area contributed by atoms with Crippen LogP contribution in [0.25, 0.3) is 10.9 Å². The molecule has 2 nitrogen and oxygen atoms in total. The predicted octanol–water partition coefficient (Wildman–Crippen LogP) is 3.24. The number of para-hydroxylation sites is 1. The van der Waals surface area contributed by atoms with Gasteiger partial charge in [-0.25, -0.2) is 0 Å². The van der Waals surface area contributed by atoms with Crippen molar-refractivity contribution in [2.75, 3.05) is 13.6 Å². The lowest BCUT2D eigenvalue weighted by atomic mass is 10.0. The van der Waals surface area contributed by atoms with Gasteiger partial charge in [0.15, 0.2) is 0 Å². The van der Waals surface area contributed by atoms with Crippen molar-refractivity contribution in [1.82, 2.24) is 9.88 Å². The Morgan fingerprint density at radius 2 is 2.25 bits per heavy atom. The average Bonchev–Trinajstić information content (AvgIpc) is 2.84. The van der Waals surface area contributed by atoms with Crippen LogP contribution in [0.2, 0.25) is 0 Å². The molecular formula is C14H18N2. The van der Waals surface area contributed by atoms with Crippen LogP contribution in [0.3, 0.4) is 0 Å². The van der Waals surface area contributed by atoms with Gasteiger partial charge >= 0.3 is 0 Å². The lowest BCUT2D eigenvalue weighted by molar-refractivity contribution is 0.319. The lowest BCUT2D eigenvalue weighted by Crippen LogP contribution is -2.17. The first kappa shape index (κ1) is 9.91. The Morgan fingerprint density at radius 1 is 1.38 bits per heavy atom. The van der Waals surface area contributed by atoms with E-state index in [0.717, 1.165) is 0 Å². The zero-order chi connectivity index (χ0) is 11.1. The molecule has 0 spiro atoms. The molecule has 84 valence electrons. The van der Waals surface area contributed by atoms with E-state index >= 15 is 0 Å². The van der Waals surface area contributed by atoms with Crippen LogP contribution in [-0.2, 0) is 0 Å². The summed E-state index contributed by atoms with van der Waals surface area (Å²) in [6.45, 7) is 3.39. The molecule has 0 radical (unpaired) electrons. The van der Waals surface area contributed by atoms with Gasteiger partial charge in [0.1, 0.15) is 0 Å². The van der Waals surface area contributed by atoms with Gasteiger partial charge in [0, 0.05) is 23.1 Å².